The number of aryl methyl sites for hydroxylation is 2. The molecule has 0 unspecified atom stereocenters. The van der Waals surface area contributed by atoms with E-state index < -0.39 is 5.60 Å². The third-order valence-corrected chi connectivity index (χ3v) is 8.06. The second-order valence-corrected chi connectivity index (χ2v) is 10.1. The summed E-state index contributed by atoms with van der Waals surface area (Å²) in [7, 11) is 1.37. The van der Waals surface area contributed by atoms with Crippen LogP contribution in [0, 0.1) is 13.8 Å². The standard InChI is InChI=1S/C34H42O4/c1-8-33(36,9-2)21-20-26-12-15-28(22-24(26)5)34(10-3,11-4)29-16-19-31(25(6)23-29)38-30-17-13-27(14-18-30)32(35)37-7/h12-23,36H,8-11H2,1-7H3/b21-20+. The van der Waals surface area contributed by atoms with E-state index in [1.165, 1.54) is 23.8 Å². The molecule has 0 radical (unpaired) electrons. The molecule has 0 amide bonds. The summed E-state index contributed by atoms with van der Waals surface area (Å²) in [6.07, 6.45) is 7.33. The summed E-state index contributed by atoms with van der Waals surface area (Å²) >= 11 is 0. The smallest absolute Gasteiger partial charge is 0.337 e. The van der Waals surface area contributed by atoms with Crippen molar-refractivity contribution in [1.82, 2.24) is 0 Å². The number of aliphatic hydroxyl groups is 1. The second kappa shape index (κ2) is 12.4. The summed E-state index contributed by atoms with van der Waals surface area (Å²) < 4.78 is 10.9. The molecule has 4 nitrogen and oxygen atoms in total. The van der Waals surface area contributed by atoms with Gasteiger partial charge in [0.2, 0.25) is 0 Å². The first-order valence-electron chi connectivity index (χ1n) is 13.6. The van der Waals surface area contributed by atoms with Gasteiger partial charge >= 0.3 is 5.97 Å². The largest absolute Gasteiger partial charge is 0.465 e. The van der Waals surface area contributed by atoms with Gasteiger partial charge in [0.15, 0.2) is 0 Å². The van der Waals surface area contributed by atoms with E-state index in [1.54, 1.807) is 24.3 Å². The maximum atomic E-state index is 11.7. The Kier molecular flexibility index (Phi) is 9.56. The first-order valence-corrected chi connectivity index (χ1v) is 13.6. The van der Waals surface area contributed by atoms with Gasteiger partial charge in [0.05, 0.1) is 18.3 Å². The molecule has 3 aromatic carbocycles. The Hall–Kier alpha value is -3.37. The zero-order chi connectivity index (χ0) is 27.9. The van der Waals surface area contributed by atoms with Crippen LogP contribution in [0.3, 0.4) is 0 Å². The molecule has 0 fully saturated rings. The van der Waals surface area contributed by atoms with Gasteiger partial charge < -0.3 is 14.6 Å². The van der Waals surface area contributed by atoms with E-state index in [-0.39, 0.29) is 11.4 Å². The van der Waals surface area contributed by atoms with Crippen molar-refractivity contribution in [3.05, 3.63) is 100 Å². The molecular weight excluding hydrogens is 472 g/mol. The number of carbonyl (C=O) groups excluding carboxylic acids is 1. The van der Waals surface area contributed by atoms with E-state index in [1.807, 2.05) is 26.0 Å². The highest BCUT2D eigenvalue weighted by molar-refractivity contribution is 5.89. The van der Waals surface area contributed by atoms with E-state index in [0.29, 0.717) is 24.2 Å². The van der Waals surface area contributed by atoms with E-state index in [9.17, 15) is 9.90 Å². The van der Waals surface area contributed by atoms with Crippen molar-refractivity contribution in [1.29, 1.82) is 0 Å². The van der Waals surface area contributed by atoms with Crippen molar-refractivity contribution >= 4 is 12.0 Å². The Balaban J connectivity index is 1.90. The molecule has 38 heavy (non-hydrogen) atoms. The predicted molar refractivity (Wildman–Crippen MR) is 156 cm³/mol. The van der Waals surface area contributed by atoms with Crippen LogP contribution >= 0.6 is 0 Å². The minimum absolute atomic E-state index is 0.119. The van der Waals surface area contributed by atoms with Crippen LogP contribution in [0.15, 0.2) is 66.7 Å². The average molecular weight is 515 g/mol. The lowest BCUT2D eigenvalue weighted by atomic mass is 9.70. The fraction of sp³-hybridized carbons (Fsp3) is 0.382. The highest BCUT2D eigenvalue weighted by atomic mass is 16.5. The number of hydrogen-bond donors (Lipinski definition) is 1. The monoisotopic (exact) mass is 514 g/mol. The van der Waals surface area contributed by atoms with Crippen molar-refractivity contribution in [3.63, 3.8) is 0 Å². The number of esters is 1. The van der Waals surface area contributed by atoms with Crippen LogP contribution in [0.4, 0.5) is 0 Å². The van der Waals surface area contributed by atoms with Gasteiger partial charge in [-0.1, -0.05) is 70.2 Å². The quantitative estimate of drug-likeness (QED) is 0.260. The molecule has 0 saturated carbocycles. The summed E-state index contributed by atoms with van der Waals surface area (Å²) in [5, 5.41) is 10.7. The van der Waals surface area contributed by atoms with Crippen LogP contribution in [-0.4, -0.2) is 23.8 Å². The molecule has 3 aromatic rings. The molecule has 1 N–H and O–H groups in total. The van der Waals surface area contributed by atoms with Gasteiger partial charge in [0.25, 0.3) is 0 Å². The minimum Gasteiger partial charge on any atom is -0.465 e. The summed E-state index contributed by atoms with van der Waals surface area (Å²) in [6.45, 7) is 12.7. The lowest BCUT2D eigenvalue weighted by molar-refractivity contribution is 0.0600. The van der Waals surface area contributed by atoms with E-state index in [2.05, 4.69) is 64.1 Å². The van der Waals surface area contributed by atoms with Crippen molar-refractivity contribution in [2.45, 2.75) is 78.2 Å². The Morgan fingerprint density at radius 2 is 1.39 bits per heavy atom. The van der Waals surface area contributed by atoms with Crippen LogP contribution in [0.5, 0.6) is 11.5 Å². The molecule has 0 aliphatic rings. The lowest BCUT2D eigenvalue weighted by Crippen LogP contribution is -2.26. The lowest BCUT2D eigenvalue weighted by Gasteiger charge is -2.34. The number of methoxy groups -OCH3 is 1. The van der Waals surface area contributed by atoms with Crippen LogP contribution in [0.25, 0.3) is 6.08 Å². The van der Waals surface area contributed by atoms with Gasteiger partial charge in [-0.05, 0) is 97.7 Å². The zero-order valence-electron chi connectivity index (χ0n) is 23.9. The number of benzene rings is 3. The van der Waals surface area contributed by atoms with Gasteiger partial charge in [0, 0.05) is 5.41 Å². The highest BCUT2D eigenvalue weighted by Crippen LogP contribution is 2.41. The van der Waals surface area contributed by atoms with Crippen LogP contribution < -0.4 is 4.74 Å². The summed E-state index contributed by atoms with van der Waals surface area (Å²) in [5.74, 6) is 1.09. The summed E-state index contributed by atoms with van der Waals surface area (Å²) in [5.41, 5.74) is 5.57. The molecule has 0 aliphatic carbocycles. The van der Waals surface area contributed by atoms with Crippen molar-refractivity contribution in [3.8, 4) is 11.5 Å². The first-order chi connectivity index (χ1) is 18.1. The van der Waals surface area contributed by atoms with Crippen molar-refractivity contribution in [2.24, 2.45) is 0 Å². The zero-order valence-corrected chi connectivity index (χ0v) is 23.9. The molecule has 0 saturated heterocycles. The molecule has 0 aromatic heterocycles. The molecule has 202 valence electrons. The SMILES string of the molecule is CCC(O)(/C=C/c1ccc(C(CC)(CC)c2ccc(Oc3ccc(C(=O)OC)cc3)c(C)c2)cc1C)CC. The third kappa shape index (κ3) is 6.19. The molecule has 0 spiro atoms. The Labute approximate surface area is 228 Å². The number of rotatable bonds is 11. The minimum atomic E-state index is -0.758. The van der Waals surface area contributed by atoms with Crippen molar-refractivity contribution < 1.29 is 19.4 Å². The molecule has 3 rings (SSSR count). The second-order valence-electron chi connectivity index (χ2n) is 10.1. The van der Waals surface area contributed by atoms with E-state index in [4.69, 9.17) is 9.47 Å². The third-order valence-electron chi connectivity index (χ3n) is 8.06. The van der Waals surface area contributed by atoms with Crippen LogP contribution in [0.1, 0.15) is 91.6 Å². The number of carbonyl (C=O) groups is 1. The number of ether oxygens (including phenoxy) is 2. The fourth-order valence-corrected chi connectivity index (χ4v) is 5.09. The van der Waals surface area contributed by atoms with E-state index in [0.717, 1.165) is 29.7 Å². The average Bonchev–Trinajstić information content (AvgIpc) is 2.94. The maximum Gasteiger partial charge on any atom is 0.337 e. The Morgan fingerprint density at radius 1 is 0.816 bits per heavy atom. The van der Waals surface area contributed by atoms with Crippen LogP contribution in [-0.2, 0) is 10.2 Å². The highest BCUT2D eigenvalue weighted by Gasteiger charge is 2.31. The van der Waals surface area contributed by atoms with Gasteiger partial charge in [-0.2, -0.15) is 0 Å². The van der Waals surface area contributed by atoms with Gasteiger partial charge in [0.1, 0.15) is 11.5 Å². The van der Waals surface area contributed by atoms with Gasteiger partial charge in [-0.25, -0.2) is 4.79 Å². The molecule has 0 atom stereocenters. The molecule has 0 heterocycles. The molecule has 4 heteroatoms. The Bertz CT molecular complexity index is 1260. The Morgan fingerprint density at radius 3 is 1.89 bits per heavy atom. The van der Waals surface area contributed by atoms with E-state index >= 15 is 0 Å². The topological polar surface area (TPSA) is 55.8 Å². The summed E-state index contributed by atoms with van der Waals surface area (Å²) in [6, 6.07) is 20.1. The molecule has 0 aliphatic heterocycles. The molecular formula is C34H42O4. The first kappa shape index (κ1) is 29.2. The predicted octanol–water partition coefficient (Wildman–Crippen LogP) is 8.55. The van der Waals surface area contributed by atoms with Gasteiger partial charge in [-0.3, -0.25) is 0 Å². The molecule has 0 bridgehead atoms. The maximum absolute atomic E-state index is 11.7. The normalized spacial score (nSPS) is 12.1. The summed E-state index contributed by atoms with van der Waals surface area (Å²) in [4.78, 5) is 11.7. The number of hydrogen-bond acceptors (Lipinski definition) is 4. The van der Waals surface area contributed by atoms with Crippen LogP contribution in [0.2, 0.25) is 0 Å². The van der Waals surface area contributed by atoms with Gasteiger partial charge in [-0.15, -0.1) is 0 Å². The van der Waals surface area contributed by atoms with Crippen molar-refractivity contribution in [2.75, 3.05) is 7.11 Å². The fourth-order valence-electron chi connectivity index (χ4n) is 5.09.